The van der Waals surface area contributed by atoms with Gasteiger partial charge in [-0.3, -0.25) is 9.35 Å². The van der Waals surface area contributed by atoms with Crippen LogP contribution in [0.1, 0.15) is 80.1 Å². The maximum Gasteiger partial charge on any atom is 0.397 e. The van der Waals surface area contributed by atoms with Gasteiger partial charge in [0.2, 0.25) is 0 Å². The lowest BCUT2D eigenvalue weighted by atomic mass is 9.40. The molecule has 72 heavy (non-hydrogen) atoms. The van der Waals surface area contributed by atoms with Gasteiger partial charge in [-0.05, 0) is 75.0 Å². The van der Waals surface area contributed by atoms with E-state index in [4.69, 9.17) is 51.6 Å². The Morgan fingerprint density at radius 1 is 0.792 bits per heavy atom. The summed E-state index contributed by atoms with van der Waals surface area (Å²) in [5.41, 5.74) is 0.529. The standard InChI is InChI=1S/C48H74O23S/c1-19(2)29-24-15-47(7)22-9-10-27-45(4,5)28(12-13-46(27,6)21(22)11-14-48(29,47)44(57)66-24)67-43-39(31(52)26(18-63-43)71-72(58,59)60)70-41-33(54)32(53)36(20(3)64-41)68-42-35(56)38(30(51)25(16-49)65-42)69-40-34(55)37(61-8)23(50)17-62-40/h9,20-21,23-43,49-56H,1,10-18H2,2-8H3,(H,58,59,60)/t20-,21?,23-,24+,25-,26-,27?,28+,29+,30-,31+,32-,33-,34-,35-,36-,37+,38+,39-,40+,41+,42+,43+,46-,47+,48-/m1/s1. The van der Waals surface area contributed by atoms with Gasteiger partial charge in [0.1, 0.15) is 85.5 Å². The molecule has 0 aromatic heterocycles. The third-order valence-electron chi connectivity index (χ3n) is 18.5. The first-order valence-electron chi connectivity index (χ1n) is 25.0. The average molecular weight is 1050 g/mol. The Morgan fingerprint density at radius 2 is 1.44 bits per heavy atom. The number of rotatable bonds is 13. The molecule has 9 aliphatic rings. The van der Waals surface area contributed by atoms with E-state index in [1.807, 2.05) is 6.92 Å². The molecule has 9 N–H and O–H groups in total. The van der Waals surface area contributed by atoms with Gasteiger partial charge in [-0.2, -0.15) is 8.42 Å². The second-order valence-corrected chi connectivity index (χ2v) is 23.8. The number of aliphatic hydroxyl groups excluding tert-OH is 8. The minimum absolute atomic E-state index is 0.0360. The van der Waals surface area contributed by atoms with Gasteiger partial charge in [-0.1, -0.05) is 51.5 Å². The second-order valence-electron chi connectivity index (χ2n) is 22.7. The summed E-state index contributed by atoms with van der Waals surface area (Å²) in [6.07, 6.45) is -23.1. The highest BCUT2D eigenvalue weighted by molar-refractivity contribution is 7.80. The maximum absolute atomic E-state index is 13.7. The van der Waals surface area contributed by atoms with Crippen LogP contribution in [-0.2, 0) is 66.7 Å². The number of esters is 1. The van der Waals surface area contributed by atoms with Crippen LogP contribution >= 0.6 is 0 Å². The summed E-state index contributed by atoms with van der Waals surface area (Å²) in [4.78, 5) is 13.7. The zero-order valence-electron chi connectivity index (χ0n) is 41.6. The van der Waals surface area contributed by atoms with Crippen molar-refractivity contribution in [1.29, 1.82) is 0 Å². The molecule has 24 heteroatoms. The van der Waals surface area contributed by atoms with Crippen LogP contribution in [-0.4, -0.2) is 210 Å². The van der Waals surface area contributed by atoms with Crippen molar-refractivity contribution in [3.63, 3.8) is 0 Å². The number of fused-ring (bicyclic) bond motifs is 5. The van der Waals surface area contributed by atoms with Crippen molar-refractivity contribution in [2.75, 3.05) is 26.9 Å². The lowest BCUT2D eigenvalue weighted by Crippen LogP contribution is -2.66. The van der Waals surface area contributed by atoms with Crippen LogP contribution in [0.25, 0.3) is 0 Å². The first kappa shape index (κ1) is 54.9. The zero-order chi connectivity index (χ0) is 52.4. The number of allylic oxidation sites excluding steroid dienone is 2. The summed E-state index contributed by atoms with van der Waals surface area (Å²) in [5.74, 6) is 0.106. The van der Waals surface area contributed by atoms with Crippen LogP contribution in [0.15, 0.2) is 23.8 Å². The van der Waals surface area contributed by atoms with Gasteiger partial charge in [0, 0.05) is 18.4 Å². The number of carbonyl (C=O) groups excluding carboxylic acids is 1. The highest BCUT2D eigenvalue weighted by Crippen LogP contribution is 2.76. The van der Waals surface area contributed by atoms with Gasteiger partial charge in [0.25, 0.3) is 0 Å². The van der Waals surface area contributed by atoms with Crippen LogP contribution in [0.5, 0.6) is 0 Å². The largest absolute Gasteiger partial charge is 0.461 e. The van der Waals surface area contributed by atoms with Crippen molar-refractivity contribution < 1.29 is 110 Å². The molecule has 8 fully saturated rings. The van der Waals surface area contributed by atoms with E-state index in [-0.39, 0.29) is 47.3 Å². The SMILES string of the molecule is C=C(C)[C@H]1[C@@H]2C[C@@]3(C)C4=CCC5C(C)(C)[C@@H](O[C@@H]6OC[C@@H](OS(=O)(=O)O)[C@H](O)[C@H]6O[C@@H]6O[C@H](C)[C@@H](O[C@@H]7O[C@H](CO)[C@@H](O)[C@H](O[C@@H]8OC[C@@H](O)[C@H](OC)[C@H]8O)[C@H]7O)[C@H](O)[C@H]6O)CC[C@]5(C)C4CC[C@]13C(=O)O2. The highest BCUT2D eigenvalue weighted by atomic mass is 32.3. The van der Waals surface area contributed by atoms with Gasteiger partial charge < -0.3 is 88.2 Å². The van der Waals surface area contributed by atoms with E-state index in [2.05, 4.69) is 40.3 Å². The topological polar surface area (TPSA) is 335 Å². The highest BCUT2D eigenvalue weighted by Gasteiger charge is 2.76. The molecule has 5 aliphatic heterocycles. The minimum atomic E-state index is -5.13. The molecule has 23 nitrogen and oxygen atoms in total. The van der Waals surface area contributed by atoms with Crippen LogP contribution in [0.3, 0.4) is 0 Å². The van der Waals surface area contributed by atoms with E-state index in [9.17, 15) is 58.6 Å². The van der Waals surface area contributed by atoms with E-state index in [1.165, 1.54) is 19.6 Å². The molecule has 26 atom stereocenters. The van der Waals surface area contributed by atoms with Crippen LogP contribution in [0.2, 0.25) is 0 Å². The summed E-state index contributed by atoms with van der Waals surface area (Å²) in [6, 6.07) is 0. The molecule has 5 saturated heterocycles. The Balaban J connectivity index is 0.904. The van der Waals surface area contributed by atoms with E-state index in [0.717, 1.165) is 24.8 Å². The Bertz CT molecular complexity index is 2160. The molecule has 410 valence electrons. The van der Waals surface area contributed by atoms with E-state index >= 15 is 0 Å². The number of methoxy groups -OCH3 is 1. The molecule has 0 radical (unpaired) electrons. The van der Waals surface area contributed by atoms with Crippen LogP contribution in [0, 0.1) is 39.4 Å². The Labute approximate surface area is 418 Å². The molecule has 3 saturated carbocycles. The van der Waals surface area contributed by atoms with Gasteiger partial charge in [0.05, 0.1) is 37.4 Å². The number of hydrogen-bond donors (Lipinski definition) is 9. The lowest BCUT2D eigenvalue weighted by Gasteiger charge is -2.64. The third kappa shape index (κ3) is 8.87. The average Bonchev–Trinajstić information content (AvgIpc) is 3.74. The maximum atomic E-state index is 13.7. The molecule has 1 spiro atoms. The van der Waals surface area contributed by atoms with Gasteiger partial charge in [0.15, 0.2) is 25.2 Å². The number of carbonyl (C=O) groups is 1. The Kier molecular flexibility index (Phi) is 15.1. The van der Waals surface area contributed by atoms with Gasteiger partial charge in [-0.15, -0.1) is 0 Å². The molecule has 2 unspecified atom stereocenters. The molecule has 0 amide bonds. The van der Waals surface area contributed by atoms with E-state index in [1.54, 1.807) is 0 Å². The van der Waals surface area contributed by atoms with Crippen LogP contribution in [0.4, 0.5) is 0 Å². The first-order chi connectivity index (χ1) is 33.7. The van der Waals surface area contributed by atoms with Crippen molar-refractivity contribution in [3.05, 3.63) is 23.8 Å². The predicted octanol–water partition coefficient (Wildman–Crippen LogP) is -0.872. The molecule has 0 aromatic rings. The monoisotopic (exact) mass is 1050 g/mol. The van der Waals surface area contributed by atoms with Gasteiger partial charge >= 0.3 is 16.4 Å². The molecule has 0 aromatic carbocycles. The molecule has 2 bridgehead atoms. The number of ether oxygens (including phenoxy) is 10. The number of hydrogen-bond acceptors (Lipinski definition) is 22. The summed E-state index contributed by atoms with van der Waals surface area (Å²) < 4.78 is 97.1. The minimum Gasteiger partial charge on any atom is -0.461 e. The first-order valence-corrected chi connectivity index (χ1v) is 26.4. The van der Waals surface area contributed by atoms with Crippen molar-refractivity contribution in [2.24, 2.45) is 39.4 Å². The fraction of sp³-hybridized carbons (Fsp3) is 0.896. The Hall–Kier alpha value is -1.86. The number of aliphatic hydroxyl groups is 8. The molecular weight excluding hydrogens is 977 g/mol. The third-order valence-corrected chi connectivity index (χ3v) is 18.9. The lowest BCUT2D eigenvalue weighted by molar-refractivity contribution is -0.386. The molecular formula is C48H74O23S. The van der Waals surface area contributed by atoms with Crippen molar-refractivity contribution in [3.8, 4) is 0 Å². The molecule has 5 heterocycles. The zero-order valence-corrected chi connectivity index (χ0v) is 42.4. The smallest absolute Gasteiger partial charge is 0.397 e. The fourth-order valence-corrected chi connectivity index (χ4v) is 15.4. The summed E-state index contributed by atoms with van der Waals surface area (Å²) in [6.45, 7) is 14.8. The Morgan fingerprint density at radius 3 is 2.11 bits per heavy atom. The van der Waals surface area contributed by atoms with Crippen molar-refractivity contribution in [2.45, 2.75) is 203 Å². The predicted molar refractivity (Wildman–Crippen MR) is 242 cm³/mol. The summed E-state index contributed by atoms with van der Waals surface area (Å²) in [7, 11) is -3.88. The van der Waals surface area contributed by atoms with Crippen molar-refractivity contribution in [1.82, 2.24) is 0 Å². The molecule has 4 aliphatic carbocycles. The second kappa shape index (κ2) is 19.9. The van der Waals surface area contributed by atoms with Crippen molar-refractivity contribution >= 4 is 16.4 Å². The summed E-state index contributed by atoms with van der Waals surface area (Å²) >= 11 is 0. The van der Waals surface area contributed by atoms with Crippen LogP contribution < -0.4 is 0 Å². The summed E-state index contributed by atoms with van der Waals surface area (Å²) in [5, 5.41) is 88.3. The molecule has 9 rings (SSSR count). The van der Waals surface area contributed by atoms with E-state index in [0.29, 0.717) is 19.3 Å². The van der Waals surface area contributed by atoms with Gasteiger partial charge in [-0.25, -0.2) is 4.18 Å². The van der Waals surface area contributed by atoms with E-state index < -0.39 is 151 Å². The quantitative estimate of drug-likeness (QED) is 0.0615. The fourth-order valence-electron chi connectivity index (χ4n) is 14.9. The normalized spacial score (nSPS) is 52.1.